The van der Waals surface area contributed by atoms with E-state index in [0.717, 1.165) is 13.0 Å². The molecule has 1 aromatic rings. The zero-order valence-corrected chi connectivity index (χ0v) is 15.4. The smallest absolute Gasteiger partial charge is 0.274 e. The van der Waals surface area contributed by atoms with Crippen LogP contribution in [0, 0.1) is 5.92 Å². The van der Waals surface area contributed by atoms with E-state index in [1.807, 2.05) is 0 Å². The Bertz CT molecular complexity index is 583. The first-order chi connectivity index (χ1) is 12.0. The van der Waals surface area contributed by atoms with Crippen LogP contribution in [0.3, 0.4) is 0 Å². The summed E-state index contributed by atoms with van der Waals surface area (Å²) in [6, 6.07) is 0.511. The third-order valence-corrected chi connectivity index (χ3v) is 5.13. The van der Waals surface area contributed by atoms with Gasteiger partial charge in [0.1, 0.15) is 11.3 Å². The maximum Gasteiger partial charge on any atom is 0.274 e. The molecule has 2 saturated heterocycles. The zero-order valence-electron chi connectivity index (χ0n) is 15.4. The van der Waals surface area contributed by atoms with Crippen LogP contribution in [0.25, 0.3) is 0 Å². The van der Waals surface area contributed by atoms with Crippen molar-refractivity contribution in [2.75, 3.05) is 46.5 Å². The van der Waals surface area contributed by atoms with Gasteiger partial charge in [-0.3, -0.25) is 9.78 Å². The monoisotopic (exact) mass is 348 g/mol. The highest BCUT2D eigenvalue weighted by Gasteiger charge is 2.44. The van der Waals surface area contributed by atoms with Gasteiger partial charge >= 0.3 is 0 Å². The van der Waals surface area contributed by atoms with Gasteiger partial charge in [-0.2, -0.15) is 0 Å². The lowest BCUT2D eigenvalue weighted by Gasteiger charge is -2.31. The molecule has 3 rings (SSSR count). The molecule has 7 nitrogen and oxygen atoms in total. The summed E-state index contributed by atoms with van der Waals surface area (Å²) >= 11 is 0. The first-order valence-corrected chi connectivity index (χ1v) is 8.96. The molecule has 0 aliphatic carbocycles. The normalized spacial score (nSPS) is 27.2. The molecule has 0 unspecified atom stereocenters. The Morgan fingerprint density at radius 3 is 3.04 bits per heavy atom. The summed E-state index contributed by atoms with van der Waals surface area (Å²) in [5.74, 6) is 0.354. The average molecular weight is 348 g/mol. The number of rotatable bonds is 4. The lowest BCUT2D eigenvalue weighted by molar-refractivity contribution is -0.0539. The van der Waals surface area contributed by atoms with Gasteiger partial charge in [0.05, 0.1) is 32.6 Å². The maximum absolute atomic E-state index is 12.7. The van der Waals surface area contributed by atoms with Crippen LogP contribution in [0.1, 0.15) is 30.8 Å². The number of aromatic nitrogens is 2. The summed E-state index contributed by atoms with van der Waals surface area (Å²) in [6.07, 6.45) is 5.53. The van der Waals surface area contributed by atoms with E-state index >= 15 is 0 Å². The number of carbonyl (C=O) groups is 1. The van der Waals surface area contributed by atoms with Crippen molar-refractivity contribution in [3.63, 3.8) is 0 Å². The molecule has 2 aliphatic rings. The van der Waals surface area contributed by atoms with Crippen molar-refractivity contribution in [1.29, 1.82) is 0 Å². The van der Waals surface area contributed by atoms with E-state index in [1.165, 1.54) is 6.20 Å². The molecule has 2 atom stereocenters. The molecule has 138 valence electrons. The van der Waals surface area contributed by atoms with Crippen molar-refractivity contribution < 1.29 is 14.3 Å². The Hall–Kier alpha value is -1.57. The fourth-order valence-electron chi connectivity index (χ4n) is 3.54. The Morgan fingerprint density at radius 1 is 1.48 bits per heavy atom. The van der Waals surface area contributed by atoms with Crippen LogP contribution in [-0.4, -0.2) is 83.8 Å². The summed E-state index contributed by atoms with van der Waals surface area (Å²) in [7, 11) is 2.14. The second-order valence-electron chi connectivity index (χ2n) is 7.47. The Labute approximate surface area is 149 Å². The third kappa shape index (κ3) is 4.34. The van der Waals surface area contributed by atoms with Crippen LogP contribution in [0.5, 0.6) is 0 Å². The second-order valence-corrected chi connectivity index (χ2v) is 7.47. The van der Waals surface area contributed by atoms with E-state index in [-0.39, 0.29) is 5.91 Å². The largest absolute Gasteiger partial charge is 0.377 e. The van der Waals surface area contributed by atoms with Gasteiger partial charge in [-0.05, 0) is 33.2 Å². The lowest BCUT2D eigenvalue weighted by Crippen LogP contribution is -2.46. The average Bonchev–Trinajstić information content (AvgIpc) is 2.87. The first kappa shape index (κ1) is 18.2. The molecule has 1 aromatic heterocycles. The lowest BCUT2D eigenvalue weighted by atomic mass is 9.93. The SMILES string of the molecule is CC(C)N(C)C[C@@H]1CO[C@]2(COCCN(C(=O)c3cnccn3)C2)C1. The quantitative estimate of drug-likeness (QED) is 0.811. The zero-order chi connectivity index (χ0) is 17.9. The predicted octanol–water partition coefficient (Wildman–Crippen LogP) is 1.06. The molecule has 25 heavy (non-hydrogen) atoms. The summed E-state index contributed by atoms with van der Waals surface area (Å²) in [4.78, 5) is 25.0. The number of nitrogens with zero attached hydrogens (tertiary/aromatic N) is 4. The molecule has 3 heterocycles. The van der Waals surface area contributed by atoms with Gasteiger partial charge in [-0.15, -0.1) is 0 Å². The maximum atomic E-state index is 12.7. The predicted molar refractivity (Wildman–Crippen MR) is 93.3 cm³/mol. The van der Waals surface area contributed by atoms with E-state index in [2.05, 4.69) is 35.8 Å². The van der Waals surface area contributed by atoms with Gasteiger partial charge in [0, 0.05) is 31.5 Å². The molecule has 0 aromatic carbocycles. The van der Waals surface area contributed by atoms with Gasteiger partial charge in [0.15, 0.2) is 0 Å². The van der Waals surface area contributed by atoms with Gasteiger partial charge in [-0.25, -0.2) is 4.98 Å². The van der Waals surface area contributed by atoms with Gasteiger partial charge in [0.2, 0.25) is 0 Å². The number of amides is 1. The minimum absolute atomic E-state index is 0.107. The first-order valence-electron chi connectivity index (χ1n) is 8.96. The highest BCUT2D eigenvalue weighted by Crippen LogP contribution is 2.33. The van der Waals surface area contributed by atoms with Crippen molar-refractivity contribution in [3.8, 4) is 0 Å². The molecule has 0 saturated carbocycles. The molecule has 0 bridgehead atoms. The van der Waals surface area contributed by atoms with E-state index < -0.39 is 5.60 Å². The van der Waals surface area contributed by atoms with Crippen LogP contribution in [0.15, 0.2) is 18.6 Å². The van der Waals surface area contributed by atoms with Crippen LogP contribution in [0.4, 0.5) is 0 Å². The van der Waals surface area contributed by atoms with Gasteiger partial charge in [-0.1, -0.05) is 0 Å². The summed E-state index contributed by atoms with van der Waals surface area (Å²) < 4.78 is 12.0. The standard InChI is InChI=1S/C18H28N4O3/c1-14(2)21(3)10-15-8-18(25-11-15)12-22(6-7-24-13-18)17(23)16-9-19-4-5-20-16/h4-5,9,14-15H,6-8,10-13H2,1-3H3/t15-,18-/m1/s1. The van der Waals surface area contributed by atoms with Crippen molar-refractivity contribution >= 4 is 5.91 Å². The van der Waals surface area contributed by atoms with Crippen LogP contribution < -0.4 is 0 Å². The molecular formula is C18H28N4O3. The fourth-order valence-corrected chi connectivity index (χ4v) is 3.54. The number of ether oxygens (including phenoxy) is 2. The van der Waals surface area contributed by atoms with Crippen molar-refractivity contribution in [1.82, 2.24) is 19.8 Å². The van der Waals surface area contributed by atoms with Crippen LogP contribution in [-0.2, 0) is 9.47 Å². The molecule has 2 fully saturated rings. The van der Waals surface area contributed by atoms with Crippen LogP contribution in [0.2, 0.25) is 0 Å². The number of carbonyl (C=O) groups excluding carboxylic acids is 1. The summed E-state index contributed by atoms with van der Waals surface area (Å²) in [5.41, 5.74) is -0.0368. The van der Waals surface area contributed by atoms with E-state index in [9.17, 15) is 4.79 Å². The number of hydrogen-bond donors (Lipinski definition) is 0. The van der Waals surface area contributed by atoms with Crippen LogP contribution >= 0.6 is 0 Å². The molecule has 1 spiro atoms. The summed E-state index contributed by atoms with van der Waals surface area (Å²) in [5, 5.41) is 0. The van der Waals surface area contributed by atoms with Crippen molar-refractivity contribution in [3.05, 3.63) is 24.3 Å². The molecule has 1 amide bonds. The van der Waals surface area contributed by atoms with Gasteiger partial charge in [0.25, 0.3) is 5.91 Å². The highest BCUT2D eigenvalue weighted by molar-refractivity contribution is 5.92. The fraction of sp³-hybridized carbons (Fsp3) is 0.722. The Balaban J connectivity index is 1.67. The highest BCUT2D eigenvalue weighted by atomic mass is 16.5. The van der Waals surface area contributed by atoms with Crippen molar-refractivity contribution in [2.45, 2.75) is 31.9 Å². The molecular weight excluding hydrogens is 320 g/mol. The van der Waals surface area contributed by atoms with Crippen molar-refractivity contribution in [2.24, 2.45) is 5.92 Å². The third-order valence-electron chi connectivity index (χ3n) is 5.13. The molecule has 0 N–H and O–H groups in total. The van der Waals surface area contributed by atoms with E-state index in [1.54, 1.807) is 17.3 Å². The Kier molecular flexibility index (Phi) is 5.66. The minimum atomic E-state index is -0.406. The summed E-state index contributed by atoms with van der Waals surface area (Å²) in [6.45, 7) is 8.27. The topological polar surface area (TPSA) is 67.8 Å². The molecule has 0 radical (unpaired) electrons. The number of hydrogen-bond acceptors (Lipinski definition) is 6. The molecule has 7 heteroatoms. The van der Waals surface area contributed by atoms with E-state index in [4.69, 9.17) is 9.47 Å². The van der Waals surface area contributed by atoms with E-state index in [0.29, 0.717) is 50.6 Å². The Morgan fingerprint density at radius 2 is 2.32 bits per heavy atom. The van der Waals surface area contributed by atoms with Gasteiger partial charge < -0.3 is 19.3 Å². The second kappa shape index (κ2) is 7.76. The minimum Gasteiger partial charge on any atom is -0.377 e. The molecule has 2 aliphatic heterocycles.